The number of carbonyl (C=O) groups excluding carboxylic acids is 1. The lowest BCUT2D eigenvalue weighted by Gasteiger charge is -2.28. The molecule has 0 saturated heterocycles. The SMILES string of the molecule is CC1=C(N)Nc2cc(CN(Cc3ccc(N)cc3)C(=O)OC(C)(C)C)ccc2O1. The summed E-state index contributed by atoms with van der Waals surface area (Å²) >= 11 is 0. The topological polar surface area (TPSA) is 103 Å². The van der Waals surface area contributed by atoms with Crippen molar-refractivity contribution < 1.29 is 14.3 Å². The molecule has 7 heteroatoms. The smallest absolute Gasteiger partial charge is 0.410 e. The third-order valence-electron chi connectivity index (χ3n) is 4.33. The van der Waals surface area contributed by atoms with Gasteiger partial charge in [-0.05, 0) is 63.1 Å². The van der Waals surface area contributed by atoms with Gasteiger partial charge in [-0.3, -0.25) is 4.90 Å². The highest BCUT2D eigenvalue weighted by Crippen LogP contribution is 2.32. The summed E-state index contributed by atoms with van der Waals surface area (Å²) in [5.41, 5.74) is 14.4. The van der Waals surface area contributed by atoms with Gasteiger partial charge in [0.25, 0.3) is 0 Å². The summed E-state index contributed by atoms with van der Waals surface area (Å²) in [4.78, 5) is 14.5. The van der Waals surface area contributed by atoms with Gasteiger partial charge in [-0.2, -0.15) is 0 Å². The number of nitrogens with two attached hydrogens (primary N) is 2. The summed E-state index contributed by atoms with van der Waals surface area (Å²) in [6, 6.07) is 13.2. The summed E-state index contributed by atoms with van der Waals surface area (Å²) in [6.45, 7) is 8.13. The Bertz CT molecular complexity index is 930. The van der Waals surface area contributed by atoms with Crippen LogP contribution in [0.3, 0.4) is 0 Å². The van der Waals surface area contributed by atoms with Crippen molar-refractivity contribution in [3.05, 3.63) is 65.2 Å². The zero-order chi connectivity index (χ0) is 21.2. The van der Waals surface area contributed by atoms with E-state index in [9.17, 15) is 4.79 Å². The molecule has 0 aliphatic carbocycles. The van der Waals surface area contributed by atoms with Gasteiger partial charge in [-0.25, -0.2) is 4.79 Å². The molecule has 0 spiro atoms. The van der Waals surface area contributed by atoms with Gasteiger partial charge < -0.3 is 26.3 Å². The van der Waals surface area contributed by atoms with Crippen molar-refractivity contribution >= 4 is 17.5 Å². The minimum Gasteiger partial charge on any atom is -0.456 e. The first-order valence-electron chi connectivity index (χ1n) is 9.47. The monoisotopic (exact) mass is 396 g/mol. The predicted octanol–water partition coefficient (Wildman–Crippen LogP) is 4.16. The molecular formula is C22H28N4O3. The fourth-order valence-corrected chi connectivity index (χ4v) is 2.89. The molecule has 1 heterocycles. The van der Waals surface area contributed by atoms with E-state index in [0.29, 0.717) is 36.1 Å². The molecule has 1 aliphatic heterocycles. The average Bonchev–Trinajstić information content (AvgIpc) is 2.62. The molecule has 154 valence electrons. The molecule has 0 fully saturated rings. The Balaban J connectivity index is 1.82. The largest absolute Gasteiger partial charge is 0.456 e. The van der Waals surface area contributed by atoms with Crippen LogP contribution in [0.15, 0.2) is 54.0 Å². The Labute approximate surface area is 171 Å². The molecule has 5 N–H and O–H groups in total. The number of rotatable bonds is 4. The zero-order valence-electron chi connectivity index (χ0n) is 17.3. The number of benzene rings is 2. The van der Waals surface area contributed by atoms with E-state index in [1.807, 2.05) is 63.2 Å². The normalized spacial score (nSPS) is 13.2. The Kier molecular flexibility index (Phi) is 5.59. The third kappa shape index (κ3) is 5.34. The van der Waals surface area contributed by atoms with Gasteiger partial charge in [-0.15, -0.1) is 0 Å². The molecule has 0 atom stereocenters. The predicted molar refractivity (Wildman–Crippen MR) is 114 cm³/mol. The van der Waals surface area contributed by atoms with Crippen LogP contribution in [0.1, 0.15) is 38.8 Å². The van der Waals surface area contributed by atoms with E-state index in [-0.39, 0.29) is 6.09 Å². The maximum absolute atomic E-state index is 12.8. The van der Waals surface area contributed by atoms with Crippen molar-refractivity contribution in [3.63, 3.8) is 0 Å². The van der Waals surface area contributed by atoms with Crippen molar-refractivity contribution in [1.82, 2.24) is 4.90 Å². The molecule has 1 amide bonds. The molecule has 7 nitrogen and oxygen atoms in total. The fraction of sp³-hybridized carbons (Fsp3) is 0.318. The van der Waals surface area contributed by atoms with Crippen LogP contribution in [-0.2, 0) is 17.8 Å². The van der Waals surface area contributed by atoms with E-state index in [1.165, 1.54) is 0 Å². The summed E-state index contributed by atoms with van der Waals surface area (Å²) in [6.07, 6.45) is -0.383. The number of allylic oxidation sites excluding steroid dienone is 1. The van der Waals surface area contributed by atoms with Crippen molar-refractivity contribution in [1.29, 1.82) is 0 Å². The van der Waals surface area contributed by atoms with E-state index in [1.54, 1.807) is 11.8 Å². The zero-order valence-corrected chi connectivity index (χ0v) is 17.3. The highest BCUT2D eigenvalue weighted by molar-refractivity contribution is 5.69. The first kappa shape index (κ1) is 20.4. The number of anilines is 2. The Morgan fingerprint density at radius 2 is 1.69 bits per heavy atom. The van der Waals surface area contributed by atoms with Gasteiger partial charge in [0.15, 0.2) is 5.75 Å². The van der Waals surface area contributed by atoms with Gasteiger partial charge in [0, 0.05) is 18.8 Å². The second kappa shape index (κ2) is 7.95. The molecular weight excluding hydrogens is 368 g/mol. The first-order chi connectivity index (χ1) is 13.6. The summed E-state index contributed by atoms with van der Waals surface area (Å²) in [5, 5.41) is 3.13. The van der Waals surface area contributed by atoms with E-state index >= 15 is 0 Å². The molecule has 2 aromatic rings. The first-order valence-corrected chi connectivity index (χ1v) is 9.47. The maximum Gasteiger partial charge on any atom is 0.410 e. The Morgan fingerprint density at radius 1 is 1.07 bits per heavy atom. The number of hydrogen-bond donors (Lipinski definition) is 3. The van der Waals surface area contributed by atoms with Crippen LogP contribution in [0.5, 0.6) is 5.75 Å². The van der Waals surface area contributed by atoms with Gasteiger partial charge >= 0.3 is 6.09 Å². The second-order valence-corrected chi connectivity index (χ2v) is 8.11. The molecule has 2 aromatic carbocycles. The number of fused-ring (bicyclic) bond motifs is 1. The number of nitrogens with one attached hydrogen (secondary N) is 1. The van der Waals surface area contributed by atoms with Gasteiger partial charge in [0.2, 0.25) is 0 Å². The standard InChI is InChI=1S/C22H28N4O3/c1-14-20(24)25-18-11-16(7-10-19(18)28-14)13-26(21(27)29-22(2,3)4)12-15-5-8-17(23)9-6-15/h5-11,25H,12-13,23-24H2,1-4H3. The lowest BCUT2D eigenvalue weighted by molar-refractivity contribution is 0.0216. The van der Waals surface area contributed by atoms with Crippen molar-refractivity contribution in [2.75, 3.05) is 11.1 Å². The van der Waals surface area contributed by atoms with Crippen LogP contribution in [0.2, 0.25) is 0 Å². The number of nitrogens with zero attached hydrogens (tertiary/aromatic N) is 1. The lowest BCUT2D eigenvalue weighted by Crippen LogP contribution is -2.36. The van der Waals surface area contributed by atoms with Crippen LogP contribution < -0.4 is 21.5 Å². The molecule has 29 heavy (non-hydrogen) atoms. The van der Waals surface area contributed by atoms with Crippen LogP contribution in [0, 0.1) is 0 Å². The Morgan fingerprint density at radius 3 is 2.34 bits per heavy atom. The van der Waals surface area contributed by atoms with E-state index < -0.39 is 5.60 Å². The summed E-state index contributed by atoms with van der Waals surface area (Å²) in [7, 11) is 0. The van der Waals surface area contributed by atoms with E-state index in [4.69, 9.17) is 20.9 Å². The molecule has 0 saturated carbocycles. The fourth-order valence-electron chi connectivity index (χ4n) is 2.89. The average molecular weight is 396 g/mol. The summed E-state index contributed by atoms with van der Waals surface area (Å²) in [5.74, 6) is 1.80. The van der Waals surface area contributed by atoms with Crippen molar-refractivity contribution in [2.24, 2.45) is 5.73 Å². The summed E-state index contributed by atoms with van der Waals surface area (Å²) < 4.78 is 11.3. The van der Waals surface area contributed by atoms with E-state index in [2.05, 4.69) is 5.32 Å². The molecule has 1 aliphatic rings. The minimum absolute atomic E-state index is 0.372. The van der Waals surface area contributed by atoms with Crippen molar-refractivity contribution in [3.8, 4) is 5.75 Å². The minimum atomic E-state index is -0.585. The molecule has 3 rings (SSSR count). The Hall–Kier alpha value is -3.35. The number of ether oxygens (including phenoxy) is 2. The highest BCUT2D eigenvalue weighted by atomic mass is 16.6. The van der Waals surface area contributed by atoms with Crippen LogP contribution in [0.4, 0.5) is 16.2 Å². The number of nitrogen functional groups attached to an aromatic ring is 1. The molecule has 0 aromatic heterocycles. The van der Waals surface area contributed by atoms with Gasteiger partial charge in [0.05, 0.1) is 5.69 Å². The quantitative estimate of drug-likeness (QED) is 0.671. The van der Waals surface area contributed by atoms with E-state index in [0.717, 1.165) is 16.8 Å². The second-order valence-electron chi connectivity index (χ2n) is 8.11. The number of amides is 1. The lowest BCUT2D eigenvalue weighted by atomic mass is 10.1. The number of hydrogen-bond acceptors (Lipinski definition) is 6. The van der Waals surface area contributed by atoms with Crippen molar-refractivity contribution in [2.45, 2.75) is 46.4 Å². The molecule has 0 radical (unpaired) electrons. The van der Waals surface area contributed by atoms with Gasteiger partial charge in [0.1, 0.15) is 17.2 Å². The molecule has 0 unspecified atom stereocenters. The third-order valence-corrected chi connectivity index (χ3v) is 4.33. The highest BCUT2D eigenvalue weighted by Gasteiger charge is 2.23. The van der Waals surface area contributed by atoms with Crippen LogP contribution in [0.25, 0.3) is 0 Å². The van der Waals surface area contributed by atoms with Crippen LogP contribution >= 0.6 is 0 Å². The number of carbonyl (C=O) groups is 1. The van der Waals surface area contributed by atoms with Crippen LogP contribution in [-0.4, -0.2) is 16.6 Å². The van der Waals surface area contributed by atoms with Gasteiger partial charge in [-0.1, -0.05) is 18.2 Å². The maximum atomic E-state index is 12.8. The molecule has 0 bridgehead atoms.